The molecule has 8 heteroatoms. The van der Waals surface area contributed by atoms with Gasteiger partial charge in [0.15, 0.2) is 0 Å². The number of rotatable bonds is 8. The number of benzene rings is 3. The van der Waals surface area contributed by atoms with Gasteiger partial charge in [-0.3, -0.25) is 9.80 Å². The number of nitrogens with zero attached hydrogens (tertiary/aromatic N) is 2. The number of carboxylic acids is 2. The van der Waals surface area contributed by atoms with Gasteiger partial charge in [0.05, 0.1) is 6.04 Å². The molecule has 3 aromatic rings. The molecule has 1 heterocycles. The Bertz CT molecular complexity index is 1160. The zero-order valence-corrected chi connectivity index (χ0v) is 20.8. The molecule has 0 unspecified atom stereocenters. The lowest BCUT2D eigenvalue weighted by Gasteiger charge is -2.39. The van der Waals surface area contributed by atoms with Gasteiger partial charge in [0, 0.05) is 44.9 Å². The number of aliphatic carboxylic acids is 2. The fraction of sp³-hybridized carbons (Fsp3) is 0.200. The third kappa shape index (κ3) is 9.38. The Kier molecular flexibility index (Phi) is 10.9. The largest absolute Gasteiger partial charge is 0.478 e. The van der Waals surface area contributed by atoms with Gasteiger partial charge in [-0.25, -0.2) is 18.4 Å². The first-order valence-corrected chi connectivity index (χ1v) is 12.1. The van der Waals surface area contributed by atoms with E-state index >= 15 is 0 Å². The summed E-state index contributed by atoms with van der Waals surface area (Å²) in [6.45, 7) is 4.63. The molecule has 1 aliphatic rings. The molecule has 6 nitrogen and oxygen atoms in total. The van der Waals surface area contributed by atoms with Gasteiger partial charge in [-0.2, -0.15) is 0 Å². The molecule has 0 aromatic heterocycles. The number of hydrogen-bond acceptors (Lipinski definition) is 4. The summed E-state index contributed by atoms with van der Waals surface area (Å²) in [5.41, 5.74) is 3.27. The van der Waals surface area contributed by atoms with Crippen molar-refractivity contribution in [2.45, 2.75) is 6.04 Å². The summed E-state index contributed by atoms with van der Waals surface area (Å²) in [7, 11) is 0. The highest BCUT2D eigenvalue weighted by Crippen LogP contribution is 2.30. The molecule has 0 saturated carbocycles. The average molecular weight is 521 g/mol. The Labute approximate surface area is 220 Å². The van der Waals surface area contributed by atoms with E-state index < -0.39 is 11.9 Å². The van der Waals surface area contributed by atoms with Gasteiger partial charge in [-0.1, -0.05) is 66.7 Å². The Morgan fingerprint density at radius 1 is 0.737 bits per heavy atom. The van der Waals surface area contributed by atoms with Crippen molar-refractivity contribution in [3.05, 3.63) is 125 Å². The summed E-state index contributed by atoms with van der Waals surface area (Å²) in [6, 6.07) is 23.6. The van der Waals surface area contributed by atoms with Crippen LogP contribution in [0.5, 0.6) is 0 Å². The summed E-state index contributed by atoms with van der Waals surface area (Å²) >= 11 is 0. The molecule has 0 bridgehead atoms. The zero-order valence-electron chi connectivity index (χ0n) is 20.8. The molecule has 1 aliphatic heterocycles. The van der Waals surface area contributed by atoms with Crippen LogP contribution in [0.1, 0.15) is 22.7 Å². The predicted molar refractivity (Wildman–Crippen MR) is 143 cm³/mol. The van der Waals surface area contributed by atoms with E-state index in [9.17, 15) is 18.4 Å². The van der Waals surface area contributed by atoms with E-state index in [4.69, 9.17) is 10.2 Å². The minimum atomic E-state index is -1.26. The third-order valence-corrected chi connectivity index (χ3v) is 5.99. The molecule has 0 atom stereocenters. The van der Waals surface area contributed by atoms with E-state index in [1.165, 1.54) is 29.8 Å². The standard InChI is InChI=1S/C26H26F2N2.C4H4O4/c27-24-12-8-22(9-13-24)26(23-10-14-25(28)15-11-23)30-19-17-29(18-20-30)16-4-7-21-5-2-1-3-6-21;5-3(6)1-2-4(7)8/h1-15,26H,16-20H2;1-2H,(H,5,6)(H,7,8)/b7-4+;2-1+. The highest BCUT2D eigenvalue weighted by molar-refractivity contribution is 5.89. The number of carboxylic acid groups (broad SMARTS) is 2. The van der Waals surface area contributed by atoms with Crippen LogP contribution in [0.2, 0.25) is 0 Å². The Morgan fingerprint density at radius 3 is 1.66 bits per heavy atom. The minimum absolute atomic E-state index is 0.00629. The first-order chi connectivity index (χ1) is 18.3. The van der Waals surface area contributed by atoms with Crippen molar-refractivity contribution in [1.82, 2.24) is 9.80 Å². The number of hydrogen-bond donors (Lipinski definition) is 2. The quantitative estimate of drug-likeness (QED) is 0.403. The number of carbonyl (C=O) groups is 2. The molecule has 198 valence electrons. The fourth-order valence-corrected chi connectivity index (χ4v) is 4.15. The maximum atomic E-state index is 13.5. The molecule has 0 radical (unpaired) electrons. The maximum absolute atomic E-state index is 13.5. The van der Waals surface area contributed by atoms with E-state index in [-0.39, 0.29) is 17.7 Å². The van der Waals surface area contributed by atoms with Crippen molar-refractivity contribution < 1.29 is 28.6 Å². The second-order valence-electron chi connectivity index (χ2n) is 8.67. The van der Waals surface area contributed by atoms with Gasteiger partial charge in [-0.15, -0.1) is 0 Å². The van der Waals surface area contributed by atoms with E-state index in [2.05, 4.69) is 34.1 Å². The van der Waals surface area contributed by atoms with Crippen LogP contribution >= 0.6 is 0 Å². The third-order valence-electron chi connectivity index (χ3n) is 5.99. The lowest BCUT2D eigenvalue weighted by molar-refractivity contribution is -0.134. The lowest BCUT2D eigenvalue weighted by atomic mass is 9.96. The van der Waals surface area contributed by atoms with Crippen molar-refractivity contribution >= 4 is 18.0 Å². The lowest BCUT2D eigenvalue weighted by Crippen LogP contribution is -2.47. The van der Waals surface area contributed by atoms with Crippen LogP contribution < -0.4 is 0 Å². The molecule has 38 heavy (non-hydrogen) atoms. The monoisotopic (exact) mass is 520 g/mol. The van der Waals surface area contributed by atoms with Crippen molar-refractivity contribution in [3.8, 4) is 0 Å². The molecule has 0 spiro atoms. The molecule has 3 aromatic carbocycles. The molecule has 1 saturated heterocycles. The smallest absolute Gasteiger partial charge is 0.328 e. The topological polar surface area (TPSA) is 81.1 Å². The van der Waals surface area contributed by atoms with Crippen molar-refractivity contribution in [3.63, 3.8) is 0 Å². The van der Waals surface area contributed by atoms with Gasteiger partial charge in [0.25, 0.3) is 0 Å². The summed E-state index contributed by atoms with van der Waals surface area (Å²) < 4.78 is 26.9. The van der Waals surface area contributed by atoms with Crippen LogP contribution in [-0.2, 0) is 9.59 Å². The fourth-order valence-electron chi connectivity index (χ4n) is 4.15. The molecule has 1 fully saturated rings. The first kappa shape index (κ1) is 28.4. The van der Waals surface area contributed by atoms with E-state index in [0.717, 1.165) is 43.9 Å². The van der Waals surface area contributed by atoms with E-state index in [1.54, 1.807) is 0 Å². The Balaban J connectivity index is 0.000000436. The molecule has 4 rings (SSSR count). The molecule has 0 amide bonds. The van der Waals surface area contributed by atoms with Crippen molar-refractivity contribution in [2.24, 2.45) is 0 Å². The van der Waals surface area contributed by atoms with Crippen LogP contribution in [0.25, 0.3) is 6.08 Å². The van der Waals surface area contributed by atoms with Gasteiger partial charge < -0.3 is 10.2 Å². The van der Waals surface area contributed by atoms with Crippen LogP contribution in [0.4, 0.5) is 8.78 Å². The highest BCUT2D eigenvalue weighted by Gasteiger charge is 2.26. The molecule has 0 aliphatic carbocycles. The van der Waals surface area contributed by atoms with Crippen LogP contribution in [0.3, 0.4) is 0 Å². The number of piperazine rings is 1. The summed E-state index contributed by atoms with van der Waals surface area (Å²) in [5, 5.41) is 15.6. The highest BCUT2D eigenvalue weighted by atomic mass is 19.1. The van der Waals surface area contributed by atoms with Gasteiger partial charge >= 0.3 is 11.9 Å². The van der Waals surface area contributed by atoms with Gasteiger partial charge in [0.2, 0.25) is 0 Å². The van der Waals surface area contributed by atoms with E-state index in [0.29, 0.717) is 12.2 Å². The molecule has 2 N–H and O–H groups in total. The molecular formula is C30H30F2N2O4. The second-order valence-corrected chi connectivity index (χ2v) is 8.67. The Hall–Kier alpha value is -4.14. The maximum Gasteiger partial charge on any atom is 0.328 e. The zero-order chi connectivity index (χ0) is 27.3. The summed E-state index contributed by atoms with van der Waals surface area (Å²) in [6.07, 6.45) is 5.49. The minimum Gasteiger partial charge on any atom is -0.478 e. The Morgan fingerprint density at radius 2 is 1.21 bits per heavy atom. The van der Waals surface area contributed by atoms with Crippen LogP contribution in [0.15, 0.2) is 97.1 Å². The number of halogens is 2. The SMILES string of the molecule is Fc1ccc(C(c2ccc(F)cc2)N2CCN(C/C=C/c3ccccc3)CC2)cc1.O=C(O)/C=C/C(=O)O. The summed E-state index contributed by atoms with van der Waals surface area (Å²) in [5.74, 6) is -3.00. The normalized spacial score (nSPS) is 14.5. The predicted octanol–water partition coefficient (Wildman–Crippen LogP) is 5.10. The van der Waals surface area contributed by atoms with Crippen molar-refractivity contribution in [1.29, 1.82) is 0 Å². The molecular weight excluding hydrogens is 490 g/mol. The van der Waals surface area contributed by atoms with Crippen LogP contribution in [-0.4, -0.2) is 64.7 Å². The van der Waals surface area contributed by atoms with Crippen LogP contribution in [0, 0.1) is 11.6 Å². The first-order valence-electron chi connectivity index (χ1n) is 12.1. The van der Waals surface area contributed by atoms with E-state index in [1.807, 2.05) is 42.5 Å². The average Bonchev–Trinajstić information content (AvgIpc) is 2.92. The summed E-state index contributed by atoms with van der Waals surface area (Å²) in [4.78, 5) is 23.9. The van der Waals surface area contributed by atoms with Gasteiger partial charge in [0.1, 0.15) is 11.6 Å². The second kappa shape index (κ2) is 14.6. The van der Waals surface area contributed by atoms with Crippen molar-refractivity contribution in [2.75, 3.05) is 32.7 Å². The van der Waals surface area contributed by atoms with Gasteiger partial charge in [-0.05, 0) is 41.0 Å².